The third kappa shape index (κ3) is 5.78. The zero-order valence-electron chi connectivity index (χ0n) is 9.39. The zero-order valence-corrected chi connectivity index (χ0v) is 10.1. The number of benzene rings is 1. The smallest absolute Gasteiger partial charge is 0.0406 e. The fourth-order valence-corrected chi connectivity index (χ4v) is 1.42. The molecule has 2 nitrogen and oxygen atoms in total. The number of halogens is 1. The van der Waals surface area contributed by atoms with Gasteiger partial charge in [-0.3, -0.25) is 0 Å². The van der Waals surface area contributed by atoms with E-state index in [1.165, 1.54) is 5.56 Å². The van der Waals surface area contributed by atoms with Gasteiger partial charge in [0, 0.05) is 17.1 Å². The van der Waals surface area contributed by atoms with Gasteiger partial charge in [0.15, 0.2) is 0 Å². The van der Waals surface area contributed by atoms with Crippen molar-refractivity contribution in [1.82, 2.24) is 5.32 Å². The SMILES string of the molecule is CC(C)(N)CNCCc1ccc(Cl)cc1. The van der Waals surface area contributed by atoms with E-state index in [9.17, 15) is 0 Å². The molecule has 0 heterocycles. The normalized spacial score (nSPS) is 11.7. The van der Waals surface area contributed by atoms with Crippen molar-refractivity contribution in [3.05, 3.63) is 34.9 Å². The lowest BCUT2D eigenvalue weighted by Crippen LogP contribution is -2.43. The van der Waals surface area contributed by atoms with Crippen LogP contribution in [0.1, 0.15) is 19.4 Å². The Morgan fingerprint density at radius 2 is 1.87 bits per heavy atom. The van der Waals surface area contributed by atoms with Crippen molar-refractivity contribution in [3.8, 4) is 0 Å². The average Bonchev–Trinajstić information content (AvgIpc) is 2.14. The maximum Gasteiger partial charge on any atom is 0.0406 e. The molecule has 0 fully saturated rings. The van der Waals surface area contributed by atoms with E-state index in [1.54, 1.807) is 0 Å². The van der Waals surface area contributed by atoms with Crippen LogP contribution in [0.2, 0.25) is 5.02 Å². The van der Waals surface area contributed by atoms with E-state index in [0.717, 1.165) is 24.5 Å². The summed E-state index contributed by atoms with van der Waals surface area (Å²) in [7, 11) is 0. The van der Waals surface area contributed by atoms with Crippen LogP contribution in [0.15, 0.2) is 24.3 Å². The average molecular weight is 227 g/mol. The Hall–Kier alpha value is -0.570. The van der Waals surface area contributed by atoms with Gasteiger partial charge in [-0.05, 0) is 44.5 Å². The van der Waals surface area contributed by atoms with Crippen LogP contribution in [0.25, 0.3) is 0 Å². The molecule has 1 aromatic rings. The van der Waals surface area contributed by atoms with Gasteiger partial charge in [-0.25, -0.2) is 0 Å². The predicted molar refractivity (Wildman–Crippen MR) is 66.3 cm³/mol. The molecule has 0 radical (unpaired) electrons. The van der Waals surface area contributed by atoms with Gasteiger partial charge in [0.2, 0.25) is 0 Å². The summed E-state index contributed by atoms with van der Waals surface area (Å²) in [6.45, 7) is 5.81. The molecule has 3 N–H and O–H groups in total. The molecule has 0 aliphatic heterocycles. The third-order valence-corrected chi connectivity index (χ3v) is 2.34. The standard InChI is InChI=1S/C12H19ClN2/c1-12(2,14)9-15-8-7-10-3-5-11(13)6-4-10/h3-6,15H,7-9,14H2,1-2H3. The summed E-state index contributed by atoms with van der Waals surface area (Å²) >= 11 is 5.80. The van der Waals surface area contributed by atoms with E-state index in [-0.39, 0.29) is 5.54 Å². The van der Waals surface area contributed by atoms with Crippen molar-refractivity contribution in [2.75, 3.05) is 13.1 Å². The quantitative estimate of drug-likeness (QED) is 0.756. The summed E-state index contributed by atoms with van der Waals surface area (Å²) in [6.07, 6.45) is 1.01. The molecular weight excluding hydrogens is 208 g/mol. The molecule has 0 atom stereocenters. The van der Waals surface area contributed by atoms with Gasteiger partial charge in [-0.15, -0.1) is 0 Å². The van der Waals surface area contributed by atoms with Crippen LogP contribution < -0.4 is 11.1 Å². The van der Waals surface area contributed by atoms with Crippen LogP contribution in [0.4, 0.5) is 0 Å². The largest absolute Gasteiger partial charge is 0.324 e. The van der Waals surface area contributed by atoms with E-state index in [4.69, 9.17) is 17.3 Å². The van der Waals surface area contributed by atoms with Gasteiger partial charge in [-0.2, -0.15) is 0 Å². The summed E-state index contributed by atoms with van der Waals surface area (Å²) in [5, 5.41) is 4.12. The lowest BCUT2D eigenvalue weighted by atomic mass is 10.1. The van der Waals surface area contributed by atoms with Crippen LogP contribution in [-0.4, -0.2) is 18.6 Å². The minimum atomic E-state index is -0.139. The van der Waals surface area contributed by atoms with Crippen LogP contribution >= 0.6 is 11.6 Å². The first-order valence-electron chi connectivity index (χ1n) is 5.21. The maximum atomic E-state index is 5.85. The number of rotatable bonds is 5. The first-order chi connectivity index (χ1) is 6.97. The molecule has 0 saturated carbocycles. The molecule has 0 aliphatic carbocycles. The highest BCUT2D eigenvalue weighted by molar-refractivity contribution is 6.30. The molecule has 1 rings (SSSR count). The summed E-state index contributed by atoms with van der Waals surface area (Å²) < 4.78 is 0. The molecule has 84 valence electrons. The fourth-order valence-electron chi connectivity index (χ4n) is 1.29. The Kier molecular flexibility index (Phi) is 4.58. The second kappa shape index (κ2) is 5.50. The van der Waals surface area contributed by atoms with Gasteiger partial charge in [0.05, 0.1) is 0 Å². The number of nitrogens with two attached hydrogens (primary N) is 1. The molecule has 0 bridgehead atoms. The molecule has 3 heteroatoms. The highest BCUT2D eigenvalue weighted by Crippen LogP contribution is 2.09. The van der Waals surface area contributed by atoms with Crippen molar-refractivity contribution >= 4 is 11.6 Å². The lowest BCUT2D eigenvalue weighted by Gasteiger charge is -2.18. The van der Waals surface area contributed by atoms with Crippen LogP contribution in [0, 0.1) is 0 Å². The van der Waals surface area contributed by atoms with Crippen LogP contribution in [0.5, 0.6) is 0 Å². The first-order valence-corrected chi connectivity index (χ1v) is 5.59. The van der Waals surface area contributed by atoms with Crippen molar-refractivity contribution in [2.45, 2.75) is 25.8 Å². The summed E-state index contributed by atoms with van der Waals surface area (Å²) in [6, 6.07) is 7.95. The third-order valence-electron chi connectivity index (χ3n) is 2.08. The van der Waals surface area contributed by atoms with Crippen molar-refractivity contribution in [2.24, 2.45) is 5.73 Å². The highest BCUT2D eigenvalue weighted by Gasteiger charge is 2.08. The van der Waals surface area contributed by atoms with Crippen molar-refractivity contribution in [3.63, 3.8) is 0 Å². The predicted octanol–water partition coefficient (Wildman–Crippen LogP) is 2.21. The monoisotopic (exact) mass is 226 g/mol. The van der Waals surface area contributed by atoms with E-state index >= 15 is 0 Å². The molecule has 0 amide bonds. The first kappa shape index (κ1) is 12.5. The Morgan fingerprint density at radius 1 is 1.27 bits per heavy atom. The van der Waals surface area contributed by atoms with E-state index in [0.29, 0.717) is 0 Å². The summed E-state index contributed by atoms with van der Waals surface area (Å²) in [4.78, 5) is 0. The second-order valence-corrected chi connectivity index (χ2v) is 4.98. The molecule has 1 aromatic carbocycles. The molecule has 0 spiro atoms. The molecule has 0 aromatic heterocycles. The highest BCUT2D eigenvalue weighted by atomic mass is 35.5. The van der Waals surface area contributed by atoms with E-state index < -0.39 is 0 Å². The van der Waals surface area contributed by atoms with E-state index in [1.807, 2.05) is 26.0 Å². The van der Waals surface area contributed by atoms with Gasteiger partial charge in [0.25, 0.3) is 0 Å². The van der Waals surface area contributed by atoms with Crippen LogP contribution in [-0.2, 0) is 6.42 Å². The number of hydrogen-bond donors (Lipinski definition) is 2. The van der Waals surface area contributed by atoms with Crippen molar-refractivity contribution < 1.29 is 0 Å². The Balaban J connectivity index is 2.23. The Morgan fingerprint density at radius 3 is 2.40 bits per heavy atom. The number of hydrogen-bond acceptors (Lipinski definition) is 2. The van der Waals surface area contributed by atoms with Crippen molar-refractivity contribution in [1.29, 1.82) is 0 Å². The van der Waals surface area contributed by atoms with Gasteiger partial charge < -0.3 is 11.1 Å². The fraction of sp³-hybridized carbons (Fsp3) is 0.500. The second-order valence-electron chi connectivity index (χ2n) is 4.54. The zero-order chi connectivity index (χ0) is 11.3. The summed E-state index contributed by atoms with van der Waals surface area (Å²) in [5.41, 5.74) is 7.01. The molecule has 15 heavy (non-hydrogen) atoms. The Labute approximate surface area is 96.8 Å². The van der Waals surface area contributed by atoms with Crippen LogP contribution in [0.3, 0.4) is 0 Å². The van der Waals surface area contributed by atoms with E-state index in [2.05, 4.69) is 17.4 Å². The summed E-state index contributed by atoms with van der Waals surface area (Å²) in [5.74, 6) is 0. The minimum Gasteiger partial charge on any atom is -0.324 e. The molecule has 0 unspecified atom stereocenters. The van der Waals surface area contributed by atoms with Gasteiger partial charge >= 0.3 is 0 Å². The topological polar surface area (TPSA) is 38.0 Å². The minimum absolute atomic E-state index is 0.139. The van der Waals surface area contributed by atoms with Gasteiger partial charge in [0.1, 0.15) is 0 Å². The Bertz CT molecular complexity index is 287. The molecule has 0 aliphatic rings. The number of nitrogens with one attached hydrogen (secondary N) is 1. The maximum absolute atomic E-state index is 5.85. The van der Waals surface area contributed by atoms with Gasteiger partial charge in [-0.1, -0.05) is 23.7 Å². The molecule has 0 saturated heterocycles. The lowest BCUT2D eigenvalue weighted by molar-refractivity contribution is 0.469. The molecular formula is C12H19ClN2.